The lowest BCUT2D eigenvalue weighted by atomic mass is 10.4. The largest absolute Gasteiger partial charge is 0.481 e. The van der Waals surface area contributed by atoms with Crippen LogP contribution in [0.4, 0.5) is 0 Å². The number of aromatic amines is 1. The summed E-state index contributed by atoms with van der Waals surface area (Å²) in [6, 6.07) is 0. The Hall–Kier alpha value is -1.93. The Labute approximate surface area is 194 Å². The minimum absolute atomic E-state index is 0.195. The number of ether oxygens (including phenoxy) is 4. The van der Waals surface area contributed by atoms with E-state index < -0.39 is 14.1 Å². The van der Waals surface area contributed by atoms with Gasteiger partial charge in [-0.1, -0.05) is 6.92 Å². The molecule has 14 nitrogen and oxygen atoms in total. The number of nitrogens with two attached hydrogens (primary N) is 1. The summed E-state index contributed by atoms with van der Waals surface area (Å²) in [5.41, 5.74) is 5.28. The normalized spacial score (nSPS) is 11.0. The number of carbonyl (C=O) groups is 3. The van der Waals surface area contributed by atoms with Gasteiger partial charge in [0.15, 0.2) is 0 Å². The van der Waals surface area contributed by atoms with E-state index in [0.29, 0.717) is 72.3 Å². The van der Waals surface area contributed by atoms with Crippen LogP contribution < -0.4 is 20.9 Å². The standard InChI is InChI=1S/C14H29N4O8P.C4H8O2/c15-1-4-21-7-9-23-10-8-22-5-2-16-13(19)11-24-12-14(20)17-3-6-25-27-18-26-27;1-2-3-4(5)6/h18H,1-12,15H2,(H,16,19)(H,17,20);2-3H2,1H3,(H,5,6). The number of carbonyl (C=O) groups excluding carboxylic acids is 2. The SMILES string of the molecule is CCCC(=O)O.NCCOCCOCCOCCNC(=O)COCC(=O)NCCOp1[nH]o1. The van der Waals surface area contributed by atoms with Gasteiger partial charge in [0, 0.05) is 26.1 Å². The van der Waals surface area contributed by atoms with Crippen LogP contribution in [0.15, 0.2) is 4.30 Å². The molecule has 0 aliphatic rings. The molecule has 0 radical (unpaired) electrons. The molecule has 1 atom stereocenters. The smallest absolute Gasteiger partial charge is 0.328 e. The molecule has 1 unspecified atom stereocenters. The third kappa shape index (κ3) is 26.2. The second-order valence-corrected chi connectivity index (χ2v) is 7.37. The Morgan fingerprint density at radius 1 is 0.879 bits per heavy atom. The second-order valence-electron chi connectivity index (χ2n) is 6.24. The van der Waals surface area contributed by atoms with Crippen molar-refractivity contribution in [2.75, 3.05) is 79.1 Å². The van der Waals surface area contributed by atoms with Gasteiger partial charge >= 0.3 is 14.1 Å². The molecule has 1 aromatic heterocycles. The Morgan fingerprint density at radius 2 is 1.39 bits per heavy atom. The highest BCUT2D eigenvalue weighted by molar-refractivity contribution is 7.36. The Kier molecular flexibility index (Phi) is 21.9. The average Bonchev–Trinajstić information content (AvgIpc) is 3.60. The van der Waals surface area contributed by atoms with Crippen molar-refractivity contribution >= 4 is 25.9 Å². The molecule has 1 heterocycles. The molecule has 0 aliphatic heterocycles. The summed E-state index contributed by atoms with van der Waals surface area (Å²) in [5, 5.41) is 13.1. The van der Waals surface area contributed by atoms with E-state index in [1.165, 1.54) is 0 Å². The third-order valence-corrected chi connectivity index (χ3v) is 4.05. The molecule has 33 heavy (non-hydrogen) atoms. The van der Waals surface area contributed by atoms with Gasteiger partial charge in [-0.05, 0) is 6.42 Å². The summed E-state index contributed by atoms with van der Waals surface area (Å²) in [4.78, 5) is 35.1. The van der Waals surface area contributed by atoms with Crippen molar-refractivity contribution in [2.24, 2.45) is 5.73 Å². The fourth-order valence-electron chi connectivity index (χ4n) is 1.83. The fraction of sp³-hybridized carbons (Fsp3) is 0.833. The first-order chi connectivity index (χ1) is 16.0. The average molecular weight is 500 g/mol. The van der Waals surface area contributed by atoms with E-state index in [4.69, 9.17) is 34.3 Å². The van der Waals surface area contributed by atoms with Crippen LogP contribution in [0.2, 0.25) is 0 Å². The van der Waals surface area contributed by atoms with Crippen LogP contribution in [0.1, 0.15) is 19.8 Å². The second kappa shape index (κ2) is 23.2. The number of aliphatic carboxylic acids is 1. The van der Waals surface area contributed by atoms with Gasteiger partial charge < -0.3 is 44.7 Å². The fourth-order valence-corrected chi connectivity index (χ4v) is 2.32. The van der Waals surface area contributed by atoms with Crippen molar-refractivity contribution < 1.29 is 47.3 Å². The highest BCUT2D eigenvalue weighted by atomic mass is 31.1. The van der Waals surface area contributed by atoms with Gasteiger partial charge in [-0.25, -0.2) is 0 Å². The van der Waals surface area contributed by atoms with Gasteiger partial charge in [-0.15, -0.1) is 4.92 Å². The molecule has 0 saturated carbocycles. The molecule has 0 fully saturated rings. The molecule has 1 rings (SSSR count). The first kappa shape index (κ1) is 31.1. The quantitative estimate of drug-likeness (QED) is 0.132. The highest BCUT2D eigenvalue weighted by Crippen LogP contribution is 2.23. The predicted molar refractivity (Wildman–Crippen MR) is 118 cm³/mol. The van der Waals surface area contributed by atoms with Crippen molar-refractivity contribution in [1.29, 1.82) is 0 Å². The molecule has 0 saturated heterocycles. The summed E-state index contributed by atoms with van der Waals surface area (Å²) in [6.45, 7) is 5.76. The maximum atomic E-state index is 11.5. The number of hydrogen-bond donors (Lipinski definition) is 5. The maximum absolute atomic E-state index is 11.5. The number of amides is 2. The molecule has 0 bridgehead atoms. The lowest BCUT2D eigenvalue weighted by Gasteiger charge is -2.08. The van der Waals surface area contributed by atoms with Crippen molar-refractivity contribution in [3.8, 4) is 0 Å². The first-order valence-electron chi connectivity index (χ1n) is 10.6. The van der Waals surface area contributed by atoms with E-state index in [1.54, 1.807) is 0 Å². The summed E-state index contributed by atoms with van der Waals surface area (Å²) < 4.78 is 30.6. The minimum Gasteiger partial charge on any atom is -0.481 e. The Morgan fingerprint density at radius 3 is 1.85 bits per heavy atom. The Bertz CT molecular complexity index is 584. The number of rotatable bonds is 21. The van der Waals surface area contributed by atoms with Crippen molar-refractivity contribution in [1.82, 2.24) is 15.6 Å². The number of carboxylic acids is 1. The number of H-pyrrole nitrogens is 1. The monoisotopic (exact) mass is 500 g/mol. The van der Waals surface area contributed by atoms with Gasteiger partial charge in [-0.3, -0.25) is 18.9 Å². The zero-order chi connectivity index (χ0) is 24.6. The van der Waals surface area contributed by atoms with E-state index in [1.807, 2.05) is 6.92 Å². The molecule has 15 heteroatoms. The molecule has 194 valence electrons. The van der Waals surface area contributed by atoms with Crippen LogP contribution in [0, 0.1) is 0 Å². The highest BCUT2D eigenvalue weighted by Gasteiger charge is 2.06. The predicted octanol–water partition coefficient (Wildman–Crippen LogP) is -0.848. The first-order valence-corrected chi connectivity index (χ1v) is 11.8. The van der Waals surface area contributed by atoms with Crippen LogP contribution in [0.5, 0.6) is 0 Å². The van der Waals surface area contributed by atoms with E-state index in [-0.39, 0.29) is 25.0 Å². The van der Waals surface area contributed by atoms with E-state index in [9.17, 15) is 14.4 Å². The Balaban J connectivity index is 0.00000150. The van der Waals surface area contributed by atoms with Crippen molar-refractivity contribution in [3.05, 3.63) is 0 Å². The summed E-state index contributed by atoms with van der Waals surface area (Å²) in [6.07, 6.45) is 1.02. The number of hydrogen-bond acceptors (Lipinski definition) is 10. The van der Waals surface area contributed by atoms with Crippen LogP contribution in [0.3, 0.4) is 0 Å². The molecule has 1 aromatic rings. The maximum Gasteiger partial charge on any atom is 0.328 e. The van der Waals surface area contributed by atoms with Gasteiger partial charge in [-0.2, -0.15) is 0 Å². The molecular weight excluding hydrogens is 463 g/mol. The van der Waals surface area contributed by atoms with Crippen molar-refractivity contribution in [2.45, 2.75) is 19.8 Å². The van der Waals surface area contributed by atoms with E-state index >= 15 is 0 Å². The van der Waals surface area contributed by atoms with Gasteiger partial charge in [0.25, 0.3) is 0 Å². The van der Waals surface area contributed by atoms with Gasteiger partial charge in [0.2, 0.25) is 11.8 Å². The van der Waals surface area contributed by atoms with Crippen LogP contribution in [-0.2, 0) is 33.3 Å². The molecule has 0 spiro atoms. The number of nitrogens with one attached hydrogen (secondary N) is 3. The van der Waals surface area contributed by atoms with Crippen LogP contribution in [0.25, 0.3) is 0 Å². The summed E-state index contributed by atoms with van der Waals surface area (Å²) in [7, 11) is -0.928. The zero-order valence-corrected chi connectivity index (χ0v) is 19.9. The van der Waals surface area contributed by atoms with Crippen LogP contribution >= 0.6 is 8.16 Å². The third-order valence-electron chi connectivity index (χ3n) is 3.30. The molecular formula is C18H37N4O10P. The minimum atomic E-state index is -0.928. The number of aromatic nitrogens is 1. The molecule has 2 amide bonds. The lowest BCUT2D eigenvalue weighted by Crippen LogP contribution is -2.34. The topological polar surface area (TPSA) is 197 Å². The van der Waals surface area contributed by atoms with Gasteiger partial charge in [0.1, 0.15) is 13.2 Å². The van der Waals surface area contributed by atoms with Crippen molar-refractivity contribution in [3.63, 3.8) is 0 Å². The summed E-state index contributed by atoms with van der Waals surface area (Å²) >= 11 is 0. The molecule has 0 aliphatic carbocycles. The zero-order valence-electron chi connectivity index (χ0n) is 19.0. The molecule has 6 N–H and O–H groups in total. The molecule has 0 aromatic carbocycles. The van der Waals surface area contributed by atoms with E-state index in [0.717, 1.165) is 6.42 Å². The van der Waals surface area contributed by atoms with Crippen LogP contribution in [-0.4, -0.2) is 107 Å². The van der Waals surface area contributed by atoms with Gasteiger partial charge in [0.05, 0.1) is 46.2 Å². The lowest BCUT2D eigenvalue weighted by molar-refractivity contribution is -0.137. The van der Waals surface area contributed by atoms with E-state index in [2.05, 4.69) is 19.9 Å². The number of carboxylic acid groups (broad SMARTS) is 1. The summed E-state index contributed by atoms with van der Waals surface area (Å²) in [5.74, 6) is -1.35.